The lowest BCUT2D eigenvalue weighted by atomic mass is 9.94. The molecule has 4 heteroatoms. The molecule has 1 atom stereocenters. The van der Waals surface area contributed by atoms with Crippen molar-refractivity contribution in [3.8, 4) is 0 Å². The van der Waals surface area contributed by atoms with Crippen molar-refractivity contribution in [3.63, 3.8) is 0 Å². The Bertz CT molecular complexity index is 842. The molecule has 0 N–H and O–H groups in total. The van der Waals surface area contributed by atoms with Gasteiger partial charge in [-0.3, -0.25) is 14.6 Å². The average molecular weight is 318 g/mol. The molecule has 0 aromatic heterocycles. The van der Waals surface area contributed by atoms with Gasteiger partial charge in [0.1, 0.15) is 6.04 Å². The van der Waals surface area contributed by atoms with Gasteiger partial charge in [0.2, 0.25) is 0 Å². The lowest BCUT2D eigenvalue weighted by Gasteiger charge is -2.29. The number of imide groups is 1. The predicted octanol–water partition coefficient (Wildman–Crippen LogP) is 3.83. The summed E-state index contributed by atoms with van der Waals surface area (Å²) in [6.07, 6.45) is 2.79. The van der Waals surface area contributed by atoms with Gasteiger partial charge in [-0.1, -0.05) is 61.5 Å². The first-order chi connectivity index (χ1) is 11.7. The van der Waals surface area contributed by atoms with Gasteiger partial charge < -0.3 is 0 Å². The fourth-order valence-corrected chi connectivity index (χ4v) is 3.47. The van der Waals surface area contributed by atoms with E-state index < -0.39 is 6.04 Å². The number of para-hydroxylation sites is 1. The number of anilines is 1. The fraction of sp³-hybridized carbons (Fsp3) is 0.200. The molecule has 2 aliphatic heterocycles. The van der Waals surface area contributed by atoms with Gasteiger partial charge in [-0.05, 0) is 29.2 Å². The highest BCUT2D eigenvalue weighted by Gasteiger charge is 2.48. The Hall–Kier alpha value is -2.88. The van der Waals surface area contributed by atoms with E-state index in [-0.39, 0.29) is 11.9 Å². The summed E-state index contributed by atoms with van der Waals surface area (Å²) in [6, 6.07) is 16.6. The number of hydrogen-bond acceptors (Lipinski definition) is 2. The molecule has 1 unspecified atom stereocenters. The third-order valence-corrected chi connectivity index (χ3v) is 4.68. The SMILES string of the molecule is CCC1=Cc2ccccc2N2C(=O)N(Cc3ccccc3)C(=O)C12. The van der Waals surface area contributed by atoms with Crippen LogP contribution >= 0.6 is 0 Å². The number of fused-ring (bicyclic) bond motifs is 3. The number of nitrogens with zero attached hydrogens (tertiary/aromatic N) is 2. The van der Waals surface area contributed by atoms with E-state index in [2.05, 4.69) is 0 Å². The monoisotopic (exact) mass is 318 g/mol. The van der Waals surface area contributed by atoms with Gasteiger partial charge in [0, 0.05) is 0 Å². The molecule has 120 valence electrons. The normalized spacial score (nSPS) is 19.2. The quantitative estimate of drug-likeness (QED) is 0.807. The van der Waals surface area contributed by atoms with Gasteiger partial charge in [-0.15, -0.1) is 0 Å². The van der Waals surface area contributed by atoms with Crippen LogP contribution in [0, 0.1) is 0 Å². The topological polar surface area (TPSA) is 40.6 Å². The first-order valence-corrected chi connectivity index (χ1v) is 8.18. The fourth-order valence-electron chi connectivity index (χ4n) is 3.47. The maximum atomic E-state index is 13.0. The molecular weight excluding hydrogens is 300 g/mol. The molecule has 2 aliphatic rings. The zero-order valence-electron chi connectivity index (χ0n) is 13.5. The highest BCUT2D eigenvalue weighted by molar-refractivity contribution is 6.17. The summed E-state index contributed by atoms with van der Waals surface area (Å²) in [4.78, 5) is 29.0. The van der Waals surface area contributed by atoms with Crippen molar-refractivity contribution < 1.29 is 9.59 Å². The predicted molar refractivity (Wildman–Crippen MR) is 93.4 cm³/mol. The van der Waals surface area contributed by atoms with Crippen LogP contribution in [-0.2, 0) is 11.3 Å². The summed E-state index contributed by atoms with van der Waals surface area (Å²) in [6.45, 7) is 2.33. The second-order valence-electron chi connectivity index (χ2n) is 6.10. The summed E-state index contributed by atoms with van der Waals surface area (Å²) in [5, 5.41) is 0. The molecule has 4 rings (SSSR count). The second-order valence-corrected chi connectivity index (χ2v) is 6.10. The molecule has 0 bridgehead atoms. The van der Waals surface area contributed by atoms with E-state index in [1.165, 1.54) is 4.90 Å². The van der Waals surface area contributed by atoms with Crippen LogP contribution in [0.3, 0.4) is 0 Å². The van der Waals surface area contributed by atoms with Crippen molar-refractivity contribution >= 4 is 23.7 Å². The number of benzene rings is 2. The number of carbonyl (C=O) groups is 2. The molecule has 0 aliphatic carbocycles. The Balaban J connectivity index is 1.76. The second kappa shape index (κ2) is 5.64. The minimum Gasteiger partial charge on any atom is -0.277 e. The van der Waals surface area contributed by atoms with Crippen molar-refractivity contribution in [2.24, 2.45) is 0 Å². The van der Waals surface area contributed by atoms with Crippen LogP contribution in [0.4, 0.5) is 10.5 Å². The van der Waals surface area contributed by atoms with Crippen LogP contribution in [0.1, 0.15) is 24.5 Å². The molecule has 4 nitrogen and oxygen atoms in total. The van der Waals surface area contributed by atoms with Gasteiger partial charge in [0.15, 0.2) is 0 Å². The molecule has 1 fully saturated rings. The Kier molecular flexibility index (Phi) is 3.45. The lowest BCUT2D eigenvalue weighted by Crippen LogP contribution is -2.38. The van der Waals surface area contributed by atoms with Crippen molar-refractivity contribution in [1.82, 2.24) is 4.90 Å². The third kappa shape index (κ3) is 2.14. The van der Waals surface area contributed by atoms with Crippen LogP contribution in [-0.4, -0.2) is 22.9 Å². The van der Waals surface area contributed by atoms with Gasteiger partial charge in [0.25, 0.3) is 5.91 Å². The zero-order valence-corrected chi connectivity index (χ0v) is 13.5. The summed E-state index contributed by atoms with van der Waals surface area (Å²) in [7, 11) is 0. The van der Waals surface area contributed by atoms with E-state index in [1.54, 1.807) is 4.90 Å². The first kappa shape index (κ1) is 14.7. The van der Waals surface area contributed by atoms with Gasteiger partial charge in [-0.2, -0.15) is 0 Å². The smallest absolute Gasteiger partial charge is 0.277 e. The van der Waals surface area contributed by atoms with Crippen molar-refractivity contribution in [2.75, 3.05) is 4.90 Å². The molecule has 2 heterocycles. The van der Waals surface area contributed by atoms with E-state index in [0.29, 0.717) is 6.54 Å². The number of urea groups is 1. The Morgan fingerprint density at radius 2 is 1.67 bits per heavy atom. The first-order valence-electron chi connectivity index (χ1n) is 8.18. The Morgan fingerprint density at radius 1 is 0.958 bits per heavy atom. The molecule has 2 aromatic rings. The van der Waals surface area contributed by atoms with Crippen LogP contribution in [0.25, 0.3) is 6.08 Å². The van der Waals surface area contributed by atoms with Crippen LogP contribution in [0.5, 0.6) is 0 Å². The van der Waals surface area contributed by atoms with E-state index in [9.17, 15) is 9.59 Å². The maximum Gasteiger partial charge on any atom is 0.332 e. The molecule has 3 amide bonds. The van der Waals surface area contributed by atoms with E-state index in [0.717, 1.165) is 28.8 Å². The number of carbonyl (C=O) groups excluding carboxylic acids is 2. The molecule has 1 saturated heterocycles. The number of rotatable bonds is 3. The van der Waals surface area contributed by atoms with Crippen molar-refractivity contribution in [2.45, 2.75) is 25.9 Å². The maximum absolute atomic E-state index is 13.0. The highest BCUT2D eigenvalue weighted by Crippen LogP contribution is 2.39. The van der Waals surface area contributed by atoms with Crippen LogP contribution < -0.4 is 4.90 Å². The molecule has 2 aromatic carbocycles. The number of hydrogen-bond donors (Lipinski definition) is 0. The van der Waals surface area contributed by atoms with Crippen LogP contribution in [0.15, 0.2) is 60.2 Å². The molecule has 0 radical (unpaired) electrons. The van der Waals surface area contributed by atoms with Gasteiger partial charge in [-0.25, -0.2) is 4.79 Å². The zero-order chi connectivity index (χ0) is 16.7. The third-order valence-electron chi connectivity index (χ3n) is 4.68. The molecule has 24 heavy (non-hydrogen) atoms. The van der Waals surface area contributed by atoms with Crippen molar-refractivity contribution in [3.05, 3.63) is 71.3 Å². The van der Waals surface area contributed by atoms with Crippen LogP contribution in [0.2, 0.25) is 0 Å². The van der Waals surface area contributed by atoms with Gasteiger partial charge in [0.05, 0.1) is 12.2 Å². The van der Waals surface area contributed by atoms with E-state index >= 15 is 0 Å². The molecule has 0 spiro atoms. The lowest BCUT2D eigenvalue weighted by molar-refractivity contribution is -0.127. The van der Waals surface area contributed by atoms with Crippen molar-refractivity contribution in [1.29, 1.82) is 0 Å². The molecule has 0 saturated carbocycles. The summed E-state index contributed by atoms with van der Waals surface area (Å²) >= 11 is 0. The molecular formula is C20H18N2O2. The number of amides is 3. The standard InChI is InChI=1S/C20H18N2O2/c1-2-15-12-16-10-6-7-11-17(16)22-18(15)19(23)21(20(22)24)13-14-8-4-3-5-9-14/h3-12,18H,2,13H2,1H3. The largest absolute Gasteiger partial charge is 0.332 e. The summed E-state index contributed by atoms with van der Waals surface area (Å²) < 4.78 is 0. The minimum atomic E-state index is -0.499. The minimum absolute atomic E-state index is 0.133. The van der Waals surface area contributed by atoms with E-state index in [1.807, 2.05) is 67.6 Å². The van der Waals surface area contributed by atoms with Gasteiger partial charge >= 0.3 is 6.03 Å². The van der Waals surface area contributed by atoms with E-state index in [4.69, 9.17) is 0 Å². The Labute approximate surface area is 141 Å². The summed E-state index contributed by atoms with van der Waals surface area (Å²) in [5.74, 6) is -0.133. The Morgan fingerprint density at radius 3 is 2.42 bits per heavy atom. The average Bonchev–Trinajstić information content (AvgIpc) is 2.87. The highest BCUT2D eigenvalue weighted by atomic mass is 16.2. The summed E-state index contributed by atoms with van der Waals surface area (Å²) in [5.41, 5.74) is 3.75.